The number of epoxide rings is 2. The third kappa shape index (κ3) is 38.3. The van der Waals surface area contributed by atoms with Gasteiger partial charge in [-0.05, 0) is 248 Å². The predicted octanol–water partition coefficient (Wildman–Crippen LogP) is 18.7. The topological polar surface area (TPSA) is 464 Å². The third-order valence-electron chi connectivity index (χ3n) is 20.6. The number of unbranched alkanes of at least 4 members (excludes halogenated alkanes) is 3. The number of carbonyl (C=O) groups is 11. The number of carbonyl (C=O) groups excluding carboxylic acids is 10. The van der Waals surface area contributed by atoms with Crippen molar-refractivity contribution in [3.63, 3.8) is 0 Å². The van der Waals surface area contributed by atoms with Crippen LogP contribution in [0.3, 0.4) is 0 Å². The lowest BCUT2D eigenvalue weighted by Gasteiger charge is -2.24. The maximum absolute atomic E-state index is 13.1. The van der Waals surface area contributed by atoms with Gasteiger partial charge in [0.1, 0.15) is 52.0 Å². The van der Waals surface area contributed by atoms with Crippen molar-refractivity contribution in [1.82, 2.24) is 0 Å². The number of nitrogens with one attached hydrogen (secondary N) is 10. The quantitative estimate of drug-likeness (QED) is 0.00554. The molecule has 11 N–H and O–H groups in total. The summed E-state index contributed by atoms with van der Waals surface area (Å²) < 4.78 is 74.4. The summed E-state index contributed by atoms with van der Waals surface area (Å²) in [5.74, 6) is -1.95. The van der Waals surface area contributed by atoms with Crippen LogP contribution in [0.4, 0.5) is 100 Å². The van der Waals surface area contributed by atoms with Gasteiger partial charge in [-0.1, -0.05) is 121 Å². The van der Waals surface area contributed by atoms with Gasteiger partial charge in [-0.3, -0.25) is 52.6 Å². The van der Waals surface area contributed by atoms with Crippen LogP contribution in [0.25, 0.3) is 0 Å². The fraction of sp³-hybridized carbons (Fsp3) is 0.304. The second-order valence-electron chi connectivity index (χ2n) is 32.2. The molecule has 724 valence electrons. The number of hydrogen-bond donors (Lipinski definition) is 11. The lowest BCUT2D eigenvalue weighted by Crippen LogP contribution is -2.46. The first-order valence-corrected chi connectivity index (χ1v) is 45.0. The minimum atomic E-state index is -2.27. The van der Waals surface area contributed by atoms with Crippen LogP contribution in [-0.4, -0.2) is 189 Å². The summed E-state index contributed by atoms with van der Waals surface area (Å²) in [4.78, 5) is 139. The van der Waals surface area contributed by atoms with Crippen molar-refractivity contribution in [2.75, 3.05) is 152 Å². The van der Waals surface area contributed by atoms with Crippen LogP contribution in [0.5, 0.6) is 0 Å². The highest BCUT2D eigenvalue weighted by Gasteiger charge is 2.40. The van der Waals surface area contributed by atoms with Gasteiger partial charge < -0.3 is 76.7 Å². The highest BCUT2D eigenvalue weighted by Crippen LogP contribution is 2.27. The van der Waals surface area contributed by atoms with Crippen LogP contribution in [0.15, 0.2) is 243 Å². The number of rotatable bonds is 51. The Bertz CT molecular complexity index is 5780. The van der Waals surface area contributed by atoms with Crippen LogP contribution in [0, 0.1) is 0 Å². The van der Waals surface area contributed by atoms with Gasteiger partial charge in [-0.15, -0.1) is 0 Å². The van der Waals surface area contributed by atoms with E-state index in [0.29, 0.717) is 135 Å². The van der Waals surface area contributed by atoms with Gasteiger partial charge in [0.25, 0.3) is 0 Å². The number of anilines is 10. The lowest BCUT2D eigenvalue weighted by molar-refractivity contribution is -0.160. The summed E-state index contributed by atoms with van der Waals surface area (Å²) in [6.07, 6.45) is -0.881. The highest BCUT2D eigenvalue weighted by atomic mass is 16.6. The van der Waals surface area contributed by atoms with Crippen molar-refractivity contribution in [2.24, 2.45) is 0 Å². The molecule has 3 unspecified atom stereocenters. The second kappa shape index (κ2) is 53.9. The Morgan fingerprint density at radius 2 is 0.551 bits per heavy atom. The summed E-state index contributed by atoms with van der Waals surface area (Å²) in [6.45, 7) is 2.94. The Labute approximate surface area is 796 Å². The molecular weight excluding hydrogens is 1780 g/mol. The maximum Gasteiger partial charge on any atom is 0.412 e. The monoisotopic (exact) mass is 1890 g/mol. The standard InChI is InChI=1S/C102H110N10O26/c1-102(92(114)115,138-101(124)112-88-37-16-27-78(62-88)52-76-25-14-35-86(60-76)110-99(122)136-66-90-64-134-90)67-137-100(123)111-87-36-15-26-77(61-87)51-74-21-10-30-81(56-74)105-94(117)129-41-6-5-39-126-68-103-79-28-7-18-69(53-79)48-70-19-8-33-84(54-70)108-97(120)132-47-45-125-44-46-127-91(113)38-3-2-4-40-128-93(116)104-80-29-9-20-71(55-80)49-72-22-11-31-82(57-72)106-95(118)130-42-17-43-131-96(119)107-83-32-12-23-73(58-83)50-75-24-13-34-85(59-75)109-98(121)135-65-89-63-133-89/h7-16,18-37,53-62,89-90,103H,2-6,17,38-52,63-68H2,1H3,(H,104,116)(H,105,117)(H,106,118)(H,107,119)(H,108,120)(H,109,121)(H,110,122)(H,111,123)(H,112,124)(H,114,115). The van der Waals surface area contributed by atoms with Gasteiger partial charge >= 0.3 is 66.8 Å². The molecule has 2 saturated heterocycles. The van der Waals surface area contributed by atoms with Crippen molar-refractivity contribution in [2.45, 2.75) is 102 Å². The zero-order valence-electron chi connectivity index (χ0n) is 76.0. The molecule has 2 heterocycles. The molecule has 0 aliphatic carbocycles. The first kappa shape index (κ1) is 101. The average molecular weight is 1890 g/mol. The smallest absolute Gasteiger partial charge is 0.412 e. The fourth-order valence-electron chi connectivity index (χ4n) is 13.7. The molecule has 9 amide bonds. The Hall–Kier alpha value is -15.8. The van der Waals surface area contributed by atoms with E-state index in [1.54, 1.807) is 109 Å². The largest absolute Gasteiger partial charge is 0.478 e. The van der Waals surface area contributed by atoms with Crippen molar-refractivity contribution < 1.29 is 124 Å². The van der Waals surface area contributed by atoms with E-state index in [1.165, 1.54) is 0 Å². The summed E-state index contributed by atoms with van der Waals surface area (Å²) in [7, 11) is 0. The molecule has 12 rings (SSSR count). The SMILES string of the molecule is CC(COC(=O)Nc1cccc(Cc2cccc(NC(=O)OCCCCOCNc3cccc(Cc4cccc(NC(=O)OCCOCCOC(=O)CCCCCOC(=O)Nc5cccc(Cc6cccc(NC(=O)OCCCOC(=O)Nc7cccc(Cc8cccc(NC(=O)OCC9CO9)c8)c7)c6)c5)c4)c3)c2)c1)(OC(=O)Nc1cccc(Cc2cccc(NC(=O)OCC3CO3)c2)c1)C(=O)O. The lowest BCUT2D eigenvalue weighted by atomic mass is 10.0. The number of ether oxygens (including phenoxy) is 14. The average Bonchev–Trinajstić information content (AvgIpc) is 1.02. The van der Waals surface area contributed by atoms with E-state index in [0.717, 1.165) is 68.2 Å². The van der Waals surface area contributed by atoms with E-state index in [9.17, 15) is 57.8 Å². The molecule has 36 nitrogen and oxygen atoms in total. The molecule has 138 heavy (non-hydrogen) atoms. The fourth-order valence-corrected chi connectivity index (χ4v) is 13.7. The summed E-state index contributed by atoms with van der Waals surface area (Å²) in [6, 6.07) is 72.5. The van der Waals surface area contributed by atoms with Crippen molar-refractivity contribution in [1.29, 1.82) is 0 Å². The molecule has 0 saturated carbocycles. The minimum absolute atomic E-state index is 0.00235. The molecular formula is C102H110N10O26. The van der Waals surface area contributed by atoms with Gasteiger partial charge in [0.15, 0.2) is 0 Å². The Balaban J connectivity index is 0.437. The normalized spacial score (nSPS) is 13.0. The number of hydrogen-bond acceptors (Lipinski definition) is 26. The van der Waals surface area contributed by atoms with Crippen LogP contribution in [0.2, 0.25) is 0 Å². The van der Waals surface area contributed by atoms with Crippen molar-refractivity contribution in [3.05, 3.63) is 298 Å². The Morgan fingerprint density at radius 3 is 0.870 bits per heavy atom. The molecule has 3 atom stereocenters. The van der Waals surface area contributed by atoms with Gasteiger partial charge in [0.05, 0.1) is 52.9 Å². The second-order valence-corrected chi connectivity index (χ2v) is 32.2. The van der Waals surface area contributed by atoms with E-state index in [1.807, 2.05) is 133 Å². The van der Waals surface area contributed by atoms with Crippen molar-refractivity contribution >= 4 is 124 Å². The Kier molecular flexibility index (Phi) is 39.5. The van der Waals surface area contributed by atoms with E-state index in [-0.39, 0.29) is 97.8 Å². The third-order valence-corrected chi connectivity index (χ3v) is 20.6. The van der Waals surface area contributed by atoms with Crippen molar-refractivity contribution in [3.8, 4) is 0 Å². The van der Waals surface area contributed by atoms with Gasteiger partial charge in [0, 0.05) is 76.3 Å². The molecule has 2 fully saturated rings. The Morgan fingerprint density at radius 1 is 0.290 bits per heavy atom. The molecule has 2 aliphatic rings. The molecule has 36 heteroatoms. The van der Waals surface area contributed by atoms with E-state index < -0.39 is 79.0 Å². The van der Waals surface area contributed by atoms with Crippen LogP contribution < -0.4 is 53.2 Å². The van der Waals surface area contributed by atoms with E-state index in [2.05, 4.69) is 53.2 Å². The van der Waals surface area contributed by atoms with Gasteiger partial charge in [0.2, 0.25) is 5.60 Å². The van der Waals surface area contributed by atoms with Gasteiger partial charge in [-0.25, -0.2) is 47.9 Å². The van der Waals surface area contributed by atoms with Crippen LogP contribution in [0.1, 0.15) is 108 Å². The maximum atomic E-state index is 13.1. The molecule has 0 spiro atoms. The number of esters is 1. The van der Waals surface area contributed by atoms with Crippen LogP contribution in [-0.2, 0) is 108 Å². The molecule has 0 radical (unpaired) electrons. The first-order valence-electron chi connectivity index (χ1n) is 45.0. The summed E-state index contributed by atoms with van der Waals surface area (Å²) >= 11 is 0. The van der Waals surface area contributed by atoms with E-state index >= 15 is 0 Å². The molecule has 10 aromatic rings. The number of amides is 9. The van der Waals surface area contributed by atoms with Gasteiger partial charge in [-0.2, -0.15) is 0 Å². The number of aliphatic carboxylic acids is 1. The van der Waals surface area contributed by atoms with Crippen LogP contribution >= 0.6 is 0 Å². The predicted molar refractivity (Wildman–Crippen MR) is 512 cm³/mol. The molecule has 0 aromatic heterocycles. The minimum Gasteiger partial charge on any atom is -0.478 e. The van der Waals surface area contributed by atoms with E-state index in [4.69, 9.17) is 66.3 Å². The highest BCUT2D eigenvalue weighted by molar-refractivity contribution is 5.91. The molecule has 10 aromatic carbocycles. The molecule has 2 aliphatic heterocycles. The number of carboxylic acids is 1. The number of carboxylic acid groups (broad SMARTS) is 1. The number of benzene rings is 10. The zero-order chi connectivity index (χ0) is 96.9. The summed E-state index contributed by atoms with van der Waals surface area (Å²) in [5, 5.41) is 37.6. The molecule has 0 bridgehead atoms. The zero-order valence-corrected chi connectivity index (χ0v) is 76.0. The summed E-state index contributed by atoms with van der Waals surface area (Å²) in [5.41, 5.74) is 11.8. The first-order chi connectivity index (χ1) is 67.0.